The average molecular weight is 223 g/mol. The zero-order valence-corrected chi connectivity index (χ0v) is 9.31. The molecule has 0 aliphatic heterocycles. The molecule has 0 saturated carbocycles. The van der Waals surface area contributed by atoms with Crippen molar-refractivity contribution in [2.45, 2.75) is 26.3 Å². The Balaban J connectivity index is 3.04. The van der Waals surface area contributed by atoms with E-state index in [1.54, 1.807) is 13.8 Å². The molecular weight excluding hydrogens is 210 g/mol. The molecule has 1 heterocycles. The van der Waals surface area contributed by atoms with Crippen LogP contribution in [-0.4, -0.2) is 26.0 Å². The van der Waals surface area contributed by atoms with Crippen LogP contribution in [0.5, 0.6) is 0 Å². The van der Waals surface area contributed by atoms with Crippen LogP contribution in [0.1, 0.15) is 19.7 Å². The van der Waals surface area contributed by atoms with Gasteiger partial charge in [-0.05, 0) is 20.8 Å². The van der Waals surface area contributed by atoms with E-state index < -0.39 is 17.3 Å². The number of terminal acetylenes is 1. The molecule has 86 valence electrons. The van der Waals surface area contributed by atoms with E-state index in [1.807, 2.05) is 0 Å². The van der Waals surface area contributed by atoms with E-state index in [0.717, 1.165) is 4.68 Å². The third kappa shape index (κ3) is 2.06. The average Bonchev–Trinajstić information content (AvgIpc) is 2.45. The number of carbonyl (C=O) groups is 1. The SMILES string of the molecule is C#CC(C)(C)NC(=O)n1nc(C)n(N)c1=O. The molecule has 1 aromatic heterocycles. The zero-order valence-electron chi connectivity index (χ0n) is 9.31. The first-order valence-electron chi connectivity index (χ1n) is 4.52. The van der Waals surface area contributed by atoms with Gasteiger partial charge in [0.15, 0.2) is 5.82 Å². The van der Waals surface area contributed by atoms with Gasteiger partial charge in [-0.1, -0.05) is 5.92 Å². The van der Waals surface area contributed by atoms with Crippen molar-refractivity contribution >= 4 is 6.03 Å². The summed E-state index contributed by atoms with van der Waals surface area (Å²) in [6.45, 7) is 4.77. The number of rotatable bonds is 1. The Morgan fingerprint density at radius 2 is 2.19 bits per heavy atom. The molecule has 0 unspecified atom stereocenters. The van der Waals surface area contributed by atoms with Crippen molar-refractivity contribution in [2.24, 2.45) is 0 Å². The third-order valence-electron chi connectivity index (χ3n) is 1.95. The van der Waals surface area contributed by atoms with Gasteiger partial charge in [0.25, 0.3) is 0 Å². The van der Waals surface area contributed by atoms with Gasteiger partial charge >= 0.3 is 11.7 Å². The summed E-state index contributed by atoms with van der Waals surface area (Å²) in [5, 5.41) is 6.15. The Kier molecular flexibility index (Phi) is 2.76. The molecule has 0 atom stereocenters. The summed E-state index contributed by atoms with van der Waals surface area (Å²) < 4.78 is 1.41. The van der Waals surface area contributed by atoms with Crippen LogP contribution in [0.25, 0.3) is 0 Å². The molecule has 0 radical (unpaired) electrons. The predicted molar refractivity (Wildman–Crippen MR) is 58.2 cm³/mol. The molecule has 0 aromatic carbocycles. The third-order valence-corrected chi connectivity index (χ3v) is 1.95. The van der Waals surface area contributed by atoms with E-state index in [4.69, 9.17) is 12.3 Å². The van der Waals surface area contributed by atoms with Crippen molar-refractivity contribution in [3.63, 3.8) is 0 Å². The zero-order chi connectivity index (χ0) is 12.5. The molecule has 7 heteroatoms. The van der Waals surface area contributed by atoms with E-state index in [1.165, 1.54) is 6.92 Å². The summed E-state index contributed by atoms with van der Waals surface area (Å²) in [5.74, 6) is 7.94. The number of carbonyl (C=O) groups excluding carboxylic acids is 1. The largest absolute Gasteiger partial charge is 0.373 e. The highest BCUT2D eigenvalue weighted by molar-refractivity contribution is 5.76. The first-order valence-corrected chi connectivity index (χ1v) is 4.52. The molecule has 0 saturated heterocycles. The van der Waals surface area contributed by atoms with Crippen molar-refractivity contribution in [2.75, 3.05) is 5.84 Å². The van der Waals surface area contributed by atoms with Crippen LogP contribution in [0.15, 0.2) is 4.79 Å². The minimum absolute atomic E-state index is 0.235. The molecule has 0 aliphatic rings. The van der Waals surface area contributed by atoms with Crippen LogP contribution in [0, 0.1) is 19.3 Å². The van der Waals surface area contributed by atoms with Crippen molar-refractivity contribution in [1.82, 2.24) is 19.8 Å². The van der Waals surface area contributed by atoms with Gasteiger partial charge in [-0.3, -0.25) is 0 Å². The van der Waals surface area contributed by atoms with Crippen LogP contribution in [0.4, 0.5) is 4.79 Å². The minimum Gasteiger partial charge on any atom is -0.333 e. The smallest absolute Gasteiger partial charge is 0.333 e. The Morgan fingerprint density at radius 1 is 1.62 bits per heavy atom. The molecule has 0 spiro atoms. The maximum atomic E-state index is 11.6. The molecule has 1 aromatic rings. The summed E-state index contributed by atoms with van der Waals surface area (Å²) in [6.07, 6.45) is 5.20. The standard InChI is InChI=1S/C9H13N5O2/c1-5-9(3,4)11-7(15)14-8(16)13(10)6(2)12-14/h1H,10H2,2-4H3,(H,11,15). The highest BCUT2D eigenvalue weighted by atomic mass is 16.2. The molecular formula is C9H13N5O2. The number of aryl methyl sites for hydroxylation is 1. The number of nitrogen functional groups attached to an aromatic ring is 1. The lowest BCUT2D eigenvalue weighted by molar-refractivity contribution is 0.233. The van der Waals surface area contributed by atoms with Gasteiger partial charge in [-0.15, -0.1) is 16.2 Å². The molecule has 7 nitrogen and oxygen atoms in total. The van der Waals surface area contributed by atoms with Crippen LogP contribution < -0.4 is 16.8 Å². The molecule has 3 N–H and O–H groups in total. The van der Waals surface area contributed by atoms with Gasteiger partial charge in [-0.25, -0.2) is 9.59 Å². The topological polar surface area (TPSA) is 94.9 Å². The summed E-state index contributed by atoms with van der Waals surface area (Å²) in [6, 6.07) is -0.708. The second-order valence-corrected chi connectivity index (χ2v) is 3.81. The van der Waals surface area contributed by atoms with Crippen LogP contribution in [0.2, 0.25) is 0 Å². The van der Waals surface area contributed by atoms with Crippen LogP contribution in [0.3, 0.4) is 0 Å². The maximum absolute atomic E-state index is 11.6. The number of hydrogen-bond donors (Lipinski definition) is 2. The van der Waals surface area contributed by atoms with E-state index >= 15 is 0 Å². The quantitative estimate of drug-likeness (QED) is 0.473. The van der Waals surface area contributed by atoms with Gasteiger partial charge < -0.3 is 11.2 Å². The van der Waals surface area contributed by atoms with Gasteiger partial charge in [0.1, 0.15) is 0 Å². The van der Waals surface area contributed by atoms with E-state index in [-0.39, 0.29) is 5.82 Å². The number of hydrogen-bond acceptors (Lipinski definition) is 4. The van der Waals surface area contributed by atoms with Gasteiger partial charge in [0, 0.05) is 0 Å². The van der Waals surface area contributed by atoms with E-state index in [2.05, 4.69) is 16.3 Å². The fraction of sp³-hybridized carbons (Fsp3) is 0.444. The maximum Gasteiger partial charge on any atom is 0.373 e. The highest BCUT2D eigenvalue weighted by Crippen LogP contribution is 1.98. The van der Waals surface area contributed by atoms with Crippen molar-refractivity contribution in [3.05, 3.63) is 16.3 Å². The summed E-state index contributed by atoms with van der Waals surface area (Å²) >= 11 is 0. The lowest BCUT2D eigenvalue weighted by atomic mass is 10.1. The number of nitrogens with two attached hydrogens (primary N) is 1. The Labute approximate surface area is 92.2 Å². The van der Waals surface area contributed by atoms with Gasteiger partial charge in [0.05, 0.1) is 5.54 Å². The van der Waals surface area contributed by atoms with E-state index in [9.17, 15) is 9.59 Å². The van der Waals surface area contributed by atoms with Gasteiger partial charge in [0.2, 0.25) is 0 Å². The Hall–Kier alpha value is -2.23. The van der Waals surface area contributed by atoms with Crippen LogP contribution in [-0.2, 0) is 0 Å². The molecule has 16 heavy (non-hydrogen) atoms. The summed E-state index contributed by atoms with van der Waals surface area (Å²) in [5.41, 5.74) is -1.58. The van der Waals surface area contributed by atoms with Crippen molar-refractivity contribution < 1.29 is 4.79 Å². The molecule has 0 fully saturated rings. The normalized spacial score (nSPS) is 10.9. The molecule has 1 rings (SSSR count). The highest BCUT2D eigenvalue weighted by Gasteiger charge is 2.21. The Morgan fingerprint density at radius 3 is 2.56 bits per heavy atom. The molecule has 0 aliphatic carbocycles. The first kappa shape index (κ1) is 11.8. The predicted octanol–water partition coefficient (Wildman–Crippen LogP) is -0.963. The lowest BCUT2D eigenvalue weighted by Crippen LogP contribution is -2.48. The number of amides is 1. The summed E-state index contributed by atoms with van der Waals surface area (Å²) in [7, 11) is 0. The lowest BCUT2D eigenvalue weighted by Gasteiger charge is -2.18. The number of nitrogens with one attached hydrogen (secondary N) is 1. The second kappa shape index (κ2) is 3.73. The van der Waals surface area contributed by atoms with Gasteiger partial charge in [-0.2, -0.15) is 4.68 Å². The van der Waals surface area contributed by atoms with Crippen molar-refractivity contribution in [1.29, 1.82) is 0 Å². The van der Waals surface area contributed by atoms with Crippen molar-refractivity contribution in [3.8, 4) is 12.3 Å². The monoisotopic (exact) mass is 223 g/mol. The molecule has 0 bridgehead atoms. The second-order valence-electron chi connectivity index (χ2n) is 3.81. The summed E-state index contributed by atoms with van der Waals surface area (Å²) in [4.78, 5) is 23.1. The fourth-order valence-corrected chi connectivity index (χ4v) is 0.965. The fourth-order valence-electron chi connectivity index (χ4n) is 0.965. The Bertz CT molecular complexity index is 517. The van der Waals surface area contributed by atoms with E-state index in [0.29, 0.717) is 4.68 Å². The van der Waals surface area contributed by atoms with Crippen LogP contribution >= 0.6 is 0 Å². The number of aromatic nitrogens is 3. The first-order chi connectivity index (χ1) is 7.28. The minimum atomic E-state index is -0.858. The molecule has 1 amide bonds. The number of nitrogens with zero attached hydrogens (tertiary/aromatic N) is 3.